The third-order valence-corrected chi connectivity index (χ3v) is 5.38. The molecular formula is C24H32N2O9S. The minimum atomic E-state index is -3.84. The first kappa shape index (κ1) is 30.4. The van der Waals surface area contributed by atoms with E-state index in [1.54, 1.807) is 12.1 Å². The maximum atomic E-state index is 11.7. The van der Waals surface area contributed by atoms with E-state index in [4.69, 9.17) is 29.6 Å². The van der Waals surface area contributed by atoms with Gasteiger partial charge >= 0.3 is 11.9 Å². The molecule has 0 bridgehead atoms. The number of carboxylic acid groups (broad SMARTS) is 2. The maximum absolute atomic E-state index is 11.7. The molecule has 0 saturated heterocycles. The van der Waals surface area contributed by atoms with Gasteiger partial charge in [-0.1, -0.05) is 18.2 Å². The van der Waals surface area contributed by atoms with Crippen LogP contribution >= 0.6 is 0 Å². The molecule has 0 aliphatic rings. The number of methoxy groups -OCH3 is 1. The number of carboxylic acids is 2. The molecule has 0 aliphatic heterocycles. The Hall–Kier alpha value is -3.61. The van der Waals surface area contributed by atoms with Gasteiger partial charge in [-0.15, -0.1) is 0 Å². The van der Waals surface area contributed by atoms with E-state index in [0.717, 1.165) is 11.3 Å². The van der Waals surface area contributed by atoms with Gasteiger partial charge in [0.05, 0.1) is 13.7 Å². The number of nitrogens with one attached hydrogen (secondary N) is 1. The minimum absolute atomic E-state index is 0.00411. The lowest BCUT2D eigenvalue weighted by molar-refractivity contribution is -0.134. The predicted molar refractivity (Wildman–Crippen MR) is 133 cm³/mol. The smallest absolute Gasteiger partial charge is 0.328 e. The van der Waals surface area contributed by atoms with Crippen LogP contribution in [0.15, 0.2) is 59.5 Å². The van der Waals surface area contributed by atoms with Gasteiger partial charge in [-0.05, 0) is 50.1 Å². The molecule has 0 radical (unpaired) electrons. The third kappa shape index (κ3) is 11.7. The van der Waals surface area contributed by atoms with Crippen LogP contribution in [0.2, 0.25) is 0 Å². The van der Waals surface area contributed by atoms with E-state index in [0.29, 0.717) is 44.1 Å². The zero-order valence-corrected chi connectivity index (χ0v) is 21.2. The van der Waals surface area contributed by atoms with E-state index in [1.165, 1.54) is 7.11 Å². The normalized spacial score (nSPS) is 11.8. The van der Waals surface area contributed by atoms with Crippen LogP contribution in [0.4, 0.5) is 0 Å². The van der Waals surface area contributed by atoms with Crippen molar-refractivity contribution in [1.29, 1.82) is 0 Å². The molecule has 2 rings (SSSR count). The first-order valence-corrected chi connectivity index (χ1v) is 12.4. The summed E-state index contributed by atoms with van der Waals surface area (Å²) in [5.74, 6) is -0.827. The van der Waals surface area contributed by atoms with Crippen LogP contribution in [0.1, 0.15) is 19.4 Å². The number of carbonyl (C=O) groups is 2. The fourth-order valence-electron chi connectivity index (χ4n) is 2.95. The zero-order chi connectivity index (χ0) is 27.1. The molecule has 36 heavy (non-hydrogen) atoms. The first-order chi connectivity index (χ1) is 17.0. The number of ether oxygens (including phenoxy) is 3. The highest BCUT2D eigenvalue weighted by molar-refractivity contribution is 7.89. The van der Waals surface area contributed by atoms with Crippen molar-refractivity contribution >= 4 is 22.0 Å². The zero-order valence-electron chi connectivity index (χ0n) is 20.3. The number of benzene rings is 2. The summed E-state index contributed by atoms with van der Waals surface area (Å²) >= 11 is 0. The number of primary sulfonamides is 1. The van der Waals surface area contributed by atoms with Crippen LogP contribution in [0.3, 0.4) is 0 Å². The Morgan fingerprint density at radius 1 is 1.03 bits per heavy atom. The lowest BCUT2D eigenvalue weighted by Gasteiger charge is -2.16. The number of aliphatic carboxylic acids is 2. The molecule has 0 saturated carbocycles. The van der Waals surface area contributed by atoms with Crippen molar-refractivity contribution < 1.29 is 42.4 Å². The minimum Gasteiger partial charge on any atom is -0.495 e. The van der Waals surface area contributed by atoms with Gasteiger partial charge in [-0.2, -0.15) is 0 Å². The van der Waals surface area contributed by atoms with Gasteiger partial charge in [0, 0.05) is 24.7 Å². The highest BCUT2D eigenvalue weighted by atomic mass is 32.2. The monoisotopic (exact) mass is 524 g/mol. The van der Waals surface area contributed by atoms with Gasteiger partial charge in [-0.25, -0.2) is 23.1 Å². The molecule has 0 unspecified atom stereocenters. The number of para-hydroxylation sites is 2. The summed E-state index contributed by atoms with van der Waals surface area (Å²) < 4.78 is 39.9. The summed E-state index contributed by atoms with van der Waals surface area (Å²) in [6.45, 7) is 5.66. The molecule has 0 aromatic heterocycles. The van der Waals surface area contributed by atoms with Crippen molar-refractivity contribution in [3.05, 3.63) is 60.2 Å². The van der Waals surface area contributed by atoms with Gasteiger partial charge in [0.1, 0.15) is 17.3 Å². The molecule has 2 aromatic carbocycles. The Kier molecular flexibility index (Phi) is 13.0. The molecule has 2 aromatic rings. The summed E-state index contributed by atoms with van der Waals surface area (Å²) in [5, 5.41) is 24.3. The van der Waals surface area contributed by atoms with Crippen molar-refractivity contribution in [2.24, 2.45) is 5.14 Å². The molecule has 0 fully saturated rings. The van der Waals surface area contributed by atoms with E-state index in [2.05, 4.69) is 5.32 Å². The fourth-order valence-corrected chi connectivity index (χ4v) is 3.70. The predicted octanol–water partition coefficient (Wildman–Crippen LogP) is 2.05. The SMILES string of the molecule is CCOc1ccccc1OCCN[C@H](C)Cc1ccc(OC)c(S(N)(=O)=O)c1.O=C(O)/C=C\C(=O)O. The van der Waals surface area contributed by atoms with Crippen molar-refractivity contribution in [1.82, 2.24) is 5.32 Å². The lowest BCUT2D eigenvalue weighted by Crippen LogP contribution is -2.32. The first-order valence-electron chi connectivity index (χ1n) is 10.9. The summed E-state index contributed by atoms with van der Waals surface area (Å²) in [7, 11) is -2.43. The number of hydrogen-bond acceptors (Lipinski definition) is 8. The second-order valence-electron chi connectivity index (χ2n) is 7.33. The van der Waals surface area contributed by atoms with Gasteiger partial charge in [0.15, 0.2) is 11.5 Å². The van der Waals surface area contributed by atoms with Crippen LogP contribution in [-0.2, 0) is 26.0 Å². The maximum Gasteiger partial charge on any atom is 0.328 e. The van der Waals surface area contributed by atoms with E-state index < -0.39 is 22.0 Å². The average Bonchev–Trinajstić information content (AvgIpc) is 2.81. The standard InChI is InChI=1S/C20H28N2O5S.C4H4O4/c1-4-26-17-7-5-6-8-18(17)27-12-11-22-15(2)13-16-9-10-19(25-3)20(14-16)28(21,23)24;5-3(6)1-2-4(7)8/h5-10,14-15,22H,4,11-13H2,1-3H3,(H2,21,23,24);1-2H,(H,5,6)(H,7,8)/b;2-1-/t15-;/m1./s1. The summed E-state index contributed by atoms with van der Waals surface area (Å²) in [6.07, 6.45) is 1.76. The fraction of sp³-hybridized carbons (Fsp3) is 0.333. The molecular weight excluding hydrogens is 492 g/mol. The lowest BCUT2D eigenvalue weighted by atomic mass is 10.1. The summed E-state index contributed by atoms with van der Waals surface area (Å²) in [4.78, 5) is 19.1. The molecule has 0 amide bonds. The largest absolute Gasteiger partial charge is 0.495 e. The molecule has 0 spiro atoms. The number of rotatable bonds is 13. The van der Waals surface area contributed by atoms with Crippen LogP contribution in [0.25, 0.3) is 0 Å². The summed E-state index contributed by atoms with van der Waals surface area (Å²) in [6, 6.07) is 12.7. The van der Waals surface area contributed by atoms with Crippen LogP contribution in [0.5, 0.6) is 17.2 Å². The third-order valence-electron chi connectivity index (χ3n) is 4.45. The van der Waals surface area contributed by atoms with Crippen molar-refractivity contribution in [3.63, 3.8) is 0 Å². The van der Waals surface area contributed by atoms with E-state index in [-0.39, 0.29) is 16.7 Å². The molecule has 0 aliphatic carbocycles. The highest BCUT2D eigenvalue weighted by Gasteiger charge is 2.16. The molecule has 0 heterocycles. The molecule has 198 valence electrons. The second-order valence-corrected chi connectivity index (χ2v) is 8.86. The van der Waals surface area contributed by atoms with Gasteiger partial charge in [-0.3, -0.25) is 0 Å². The van der Waals surface area contributed by atoms with E-state index >= 15 is 0 Å². The molecule has 12 heteroatoms. The van der Waals surface area contributed by atoms with Crippen LogP contribution < -0.4 is 24.7 Å². The van der Waals surface area contributed by atoms with Crippen LogP contribution in [0, 0.1) is 0 Å². The number of sulfonamides is 1. The van der Waals surface area contributed by atoms with Gasteiger partial charge in [0.25, 0.3) is 0 Å². The molecule has 11 nitrogen and oxygen atoms in total. The number of nitrogens with two attached hydrogens (primary N) is 1. The Balaban J connectivity index is 0.000000697. The Morgan fingerprint density at radius 3 is 2.11 bits per heavy atom. The summed E-state index contributed by atoms with van der Waals surface area (Å²) in [5.41, 5.74) is 0.854. The van der Waals surface area contributed by atoms with Gasteiger partial charge in [0.2, 0.25) is 10.0 Å². The Morgan fingerprint density at radius 2 is 1.61 bits per heavy atom. The quantitative estimate of drug-likeness (QED) is 0.224. The van der Waals surface area contributed by atoms with Crippen molar-refractivity contribution in [2.75, 3.05) is 26.9 Å². The number of hydrogen-bond donors (Lipinski definition) is 4. The molecule has 1 atom stereocenters. The Bertz CT molecular complexity index is 1120. The topological polar surface area (TPSA) is 174 Å². The Labute approximate surface area is 210 Å². The second kappa shape index (κ2) is 15.4. The van der Waals surface area contributed by atoms with Crippen molar-refractivity contribution in [2.45, 2.75) is 31.2 Å². The van der Waals surface area contributed by atoms with Gasteiger partial charge < -0.3 is 29.7 Å². The van der Waals surface area contributed by atoms with E-state index in [9.17, 15) is 18.0 Å². The van der Waals surface area contributed by atoms with Crippen LogP contribution in [-0.4, -0.2) is 63.5 Å². The highest BCUT2D eigenvalue weighted by Crippen LogP contribution is 2.26. The van der Waals surface area contributed by atoms with E-state index in [1.807, 2.05) is 44.2 Å². The van der Waals surface area contributed by atoms with Crippen molar-refractivity contribution in [3.8, 4) is 17.2 Å². The average molecular weight is 525 g/mol. The molecule has 5 N–H and O–H groups in total.